The second-order valence-corrected chi connectivity index (χ2v) is 8.18. The van der Waals surface area contributed by atoms with Gasteiger partial charge < -0.3 is 9.80 Å². The molecule has 2 aromatic carbocycles. The van der Waals surface area contributed by atoms with Crippen molar-refractivity contribution < 1.29 is 14.0 Å². The van der Waals surface area contributed by atoms with Gasteiger partial charge in [-0.2, -0.15) is 0 Å². The summed E-state index contributed by atoms with van der Waals surface area (Å²) in [7, 11) is 0. The predicted octanol–water partition coefficient (Wildman–Crippen LogP) is 4.22. The SMILES string of the molecule is C=CCN1CCN(C(=O)c2cccc(F)c2)CC(Cc2cccc(-c3cccnc3)c2)C1=O. The minimum Gasteiger partial charge on any atom is -0.337 e. The minimum atomic E-state index is -0.455. The summed E-state index contributed by atoms with van der Waals surface area (Å²) in [4.78, 5) is 34.0. The summed E-state index contributed by atoms with van der Waals surface area (Å²) >= 11 is 0. The number of amides is 2. The summed E-state index contributed by atoms with van der Waals surface area (Å²) in [5.41, 5.74) is 3.32. The largest absolute Gasteiger partial charge is 0.337 e. The van der Waals surface area contributed by atoms with Gasteiger partial charge in [0.1, 0.15) is 5.82 Å². The highest BCUT2D eigenvalue weighted by Gasteiger charge is 2.32. The Kier molecular flexibility index (Phi) is 6.93. The molecule has 0 bridgehead atoms. The van der Waals surface area contributed by atoms with E-state index in [1.165, 1.54) is 18.2 Å². The van der Waals surface area contributed by atoms with Gasteiger partial charge in [0.25, 0.3) is 5.91 Å². The van der Waals surface area contributed by atoms with Gasteiger partial charge in [-0.15, -0.1) is 6.58 Å². The van der Waals surface area contributed by atoms with Gasteiger partial charge in [0.05, 0.1) is 5.92 Å². The smallest absolute Gasteiger partial charge is 0.254 e. The van der Waals surface area contributed by atoms with E-state index in [0.717, 1.165) is 16.7 Å². The molecule has 1 aliphatic rings. The lowest BCUT2D eigenvalue weighted by atomic mass is 9.95. The molecule has 1 atom stereocenters. The monoisotopic (exact) mass is 443 g/mol. The van der Waals surface area contributed by atoms with E-state index in [9.17, 15) is 14.0 Å². The predicted molar refractivity (Wildman–Crippen MR) is 126 cm³/mol. The summed E-state index contributed by atoms with van der Waals surface area (Å²) in [5.74, 6) is -1.13. The molecule has 1 aromatic heterocycles. The van der Waals surface area contributed by atoms with Crippen LogP contribution in [0, 0.1) is 11.7 Å². The van der Waals surface area contributed by atoms with Crippen molar-refractivity contribution in [1.82, 2.24) is 14.8 Å². The van der Waals surface area contributed by atoms with E-state index in [4.69, 9.17) is 0 Å². The lowest BCUT2D eigenvalue weighted by Crippen LogP contribution is -2.38. The summed E-state index contributed by atoms with van der Waals surface area (Å²) < 4.78 is 13.7. The van der Waals surface area contributed by atoms with E-state index in [1.54, 1.807) is 34.3 Å². The molecule has 0 spiro atoms. The Balaban J connectivity index is 1.59. The van der Waals surface area contributed by atoms with Crippen LogP contribution in [0.1, 0.15) is 15.9 Å². The van der Waals surface area contributed by atoms with Crippen LogP contribution in [-0.4, -0.2) is 52.8 Å². The van der Waals surface area contributed by atoms with Crippen molar-refractivity contribution in [3.63, 3.8) is 0 Å². The molecule has 0 radical (unpaired) electrons. The van der Waals surface area contributed by atoms with Gasteiger partial charge in [-0.25, -0.2) is 4.39 Å². The Morgan fingerprint density at radius 2 is 1.91 bits per heavy atom. The zero-order chi connectivity index (χ0) is 23.2. The van der Waals surface area contributed by atoms with Crippen LogP contribution in [0.2, 0.25) is 0 Å². The molecule has 0 saturated carbocycles. The summed E-state index contributed by atoms with van der Waals surface area (Å²) in [6, 6.07) is 17.6. The van der Waals surface area contributed by atoms with Gasteiger partial charge in [0, 0.05) is 44.1 Å². The molecular weight excluding hydrogens is 417 g/mol. The zero-order valence-corrected chi connectivity index (χ0v) is 18.4. The quantitative estimate of drug-likeness (QED) is 0.536. The molecule has 6 heteroatoms. The summed E-state index contributed by atoms with van der Waals surface area (Å²) in [6.45, 7) is 5.27. The molecule has 2 heterocycles. The number of hydrogen-bond acceptors (Lipinski definition) is 3. The van der Waals surface area contributed by atoms with Crippen molar-refractivity contribution in [3.05, 3.63) is 103 Å². The van der Waals surface area contributed by atoms with Crippen LogP contribution in [-0.2, 0) is 11.2 Å². The maximum atomic E-state index is 13.7. The molecule has 5 nitrogen and oxygen atoms in total. The van der Waals surface area contributed by atoms with Gasteiger partial charge >= 0.3 is 0 Å². The van der Waals surface area contributed by atoms with Crippen molar-refractivity contribution >= 4 is 11.8 Å². The number of aromatic nitrogens is 1. The average molecular weight is 444 g/mol. The van der Waals surface area contributed by atoms with Crippen LogP contribution in [0.15, 0.2) is 85.7 Å². The molecule has 2 amide bonds. The fourth-order valence-corrected chi connectivity index (χ4v) is 4.22. The number of pyridine rings is 1. The first-order valence-corrected chi connectivity index (χ1v) is 11.0. The standard InChI is InChI=1S/C27H26FN3O2/c1-2-12-30-13-14-31(26(32)22-8-4-10-25(28)17-22)19-24(27(30)33)16-20-6-3-7-21(15-20)23-9-5-11-29-18-23/h2-11,15,17-18,24H,1,12-14,16,19H2. The molecule has 168 valence electrons. The van der Waals surface area contributed by atoms with E-state index >= 15 is 0 Å². The number of rotatable bonds is 6. The Morgan fingerprint density at radius 3 is 2.67 bits per heavy atom. The number of nitrogens with zero attached hydrogens (tertiary/aromatic N) is 3. The third kappa shape index (κ3) is 5.34. The number of carbonyl (C=O) groups excluding carboxylic acids is 2. The maximum Gasteiger partial charge on any atom is 0.254 e. The van der Waals surface area contributed by atoms with E-state index in [2.05, 4.69) is 17.6 Å². The van der Waals surface area contributed by atoms with Crippen molar-refractivity contribution in [2.24, 2.45) is 5.92 Å². The number of benzene rings is 2. The normalized spacial score (nSPS) is 16.4. The fourth-order valence-electron chi connectivity index (χ4n) is 4.22. The van der Waals surface area contributed by atoms with Gasteiger partial charge in [-0.05, 0) is 47.4 Å². The lowest BCUT2D eigenvalue weighted by molar-refractivity contribution is -0.134. The Labute approximate surface area is 193 Å². The van der Waals surface area contributed by atoms with Crippen LogP contribution in [0.5, 0.6) is 0 Å². The van der Waals surface area contributed by atoms with E-state index < -0.39 is 11.7 Å². The minimum absolute atomic E-state index is 0.00350. The second kappa shape index (κ2) is 10.2. The molecule has 0 aliphatic carbocycles. The highest BCUT2D eigenvalue weighted by Crippen LogP contribution is 2.23. The van der Waals surface area contributed by atoms with E-state index in [0.29, 0.717) is 26.1 Å². The van der Waals surface area contributed by atoms with E-state index in [-0.39, 0.29) is 23.9 Å². The lowest BCUT2D eigenvalue weighted by Gasteiger charge is -2.24. The first-order valence-electron chi connectivity index (χ1n) is 11.0. The summed E-state index contributed by atoms with van der Waals surface area (Å²) in [5, 5.41) is 0. The van der Waals surface area contributed by atoms with Crippen molar-refractivity contribution in [2.45, 2.75) is 6.42 Å². The molecule has 3 aromatic rings. The van der Waals surface area contributed by atoms with Crippen LogP contribution in [0.3, 0.4) is 0 Å². The molecule has 4 rings (SSSR count). The molecule has 1 fully saturated rings. The Morgan fingerprint density at radius 1 is 1.09 bits per heavy atom. The van der Waals surface area contributed by atoms with Gasteiger partial charge in [0.2, 0.25) is 5.91 Å². The first kappa shape index (κ1) is 22.4. The van der Waals surface area contributed by atoms with Crippen LogP contribution in [0.4, 0.5) is 4.39 Å². The van der Waals surface area contributed by atoms with Crippen molar-refractivity contribution in [2.75, 3.05) is 26.2 Å². The molecule has 1 aliphatic heterocycles. The van der Waals surface area contributed by atoms with Crippen LogP contribution < -0.4 is 0 Å². The van der Waals surface area contributed by atoms with E-state index in [1.807, 2.05) is 30.3 Å². The zero-order valence-electron chi connectivity index (χ0n) is 18.4. The van der Waals surface area contributed by atoms with Crippen LogP contribution in [0.25, 0.3) is 11.1 Å². The molecule has 1 saturated heterocycles. The molecular formula is C27H26FN3O2. The van der Waals surface area contributed by atoms with Gasteiger partial charge in [-0.3, -0.25) is 14.6 Å². The third-order valence-electron chi connectivity index (χ3n) is 5.85. The Bertz CT molecular complexity index is 1150. The molecule has 0 N–H and O–H groups in total. The van der Waals surface area contributed by atoms with Crippen LogP contribution >= 0.6 is 0 Å². The van der Waals surface area contributed by atoms with Gasteiger partial charge in [-0.1, -0.05) is 42.5 Å². The highest BCUT2D eigenvalue weighted by molar-refractivity contribution is 5.95. The number of hydrogen-bond donors (Lipinski definition) is 0. The van der Waals surface area contributed by atoms with Gasteiger partial charge in [0.15, 0.2) is 0 Å². The fraction of sp³-hybridized carbons (Fsp3) is 0.222. The van der Waals surface area contributed by atoms with Crippen molar-refractivity contribution in [1.29, 1.82) is 0 Å². The molecule has 1 unspecified atom stereocenters. The third-order valence-corrected chi connectivity index (χ3v) is 5.85. The summed E-state index contributed by atoms with van der Waals surface area (Å²) in [6.07, 6.45) is 5.73. The Hall–Kier alpha value is -3.80. The highest BCUT2D eigenvalue weighted by atomic mass is 19.1. The maximum absolute atomic E-state index is 13.7. The first-order chi connectivity index (χ1) is 16.0. The number of halogens is 1. The second-order valence-electron chi connectivity index (χ2n) is 8.18. The van der Waals surface area contributed by atoms with Crippen molar-refractivity contribution in [3.8, 4) is 11.1 Å². The molecule has 33 heavy (non-hydrogen) atoms. The average Bonchev–Trinajstić information content (AvgIpc) is 2.99. The number of carbonyl (C=O) groups is 2. The topological polar surface area (TPSA) is 53.5 Å².